The van der Waals surface area contributed by atoms with Crippen molar-refractivity contribution in [2.45, 2.75) is 45.6 Å². The van der Waals surface area contributed by atoms with Crippen molar-refractivity contribution in [3.05, 3.63) is 58.3 Å². The Balaban J connectivity index is 2.26. The van der Waals surface area contributed by atoms with Gasteiger partial charge in [-0.25, -0.2) is 0 Å². The molecule has 21 heavy (non-hydrogen) atoms. The molecule has 0 saturated carbocycles. The minimum Gasteiger partial charge on any atom is -0.313 e. The number of thiophene rings is 1. The smallest absolute Gasteiger partial charge is 0.0186 e. The highest BCUT2D eigenvalue weighted by Crippen LogP contribution is 2.32. The Morgan fingerprint density at radius 2 is 1.81 bits per heavy atom. The van der Waals surface area contributed by atoms with Crippen LogP contribution in [0.4, 0.5) is 0 Å². The quantitative estimate of drug-likeness (QED) is 0.715. The Hall–Kier alpha value is -1.12. The SMILES string of the molecule is CCNC(Cc1cccs1)C(c1ccccc1)C(C)CC. The number of rotatable bonds is 8. The van der Waals surface area contributed by atoms with E-state index in [2.05, 4.69) is 73.9 Å². The van der Waals surface area contributed by atoms with Crippen molar-refractivity contribution in [1.29, 1.82) is 0 Å². The molecule has 0 aliphatic carbocycles. The number of likely N-dealkylation sites (N-methyl/N-ethyl adjacent to an activating group) is 1. The van der Waals surface area contributed by atoms with Crippen LogP contribution in [0.15, 0.2) is 47.8 Å². The second-order valence-electron chi connectivity index (χ2n) is 5.77. The third-order valence-corrected chi connectivity index (χ3v) is 5.24. The summed E-state index contributed by atoms with van der Waals surface area (Å²) in [6.07, 6.45) is 2.33. The molecule has 114 valence electrons. The van der Waals surface area contributed by atoms with E-state index in [0.717, 1.165) is 13.0 Å². The molecule has 0 bridgehead atoms. The van der Waals surface area contributed by atoms with Crippen LogP contribution in [-0.4, -0.2) is 12.6 Å². The Morgan fingerprint density at radius 3 is 2.38 bits per heavy atom. The molecule has 1 N–H and O–H groups in total. The monoisotopic (exact) mass is 301 g/mol. The van der Waals surface area contributed by atoms with Crippen LogP contribution in [0.5, 0.6) is 0 Å². The maximum Gasteiger partial charge on any atom is 0.0186 e. The van der Waals surface area contributed by atoms with Gasteiger partial charge in [-0.2, -0.15) is 0 Å². The van der Waals surface area contributed by atoms with E-state index in [1.807, 2.05) is 11.3 Å². The molecule has 3 unspecified atom stereocenters. The van der Waals surface area contributed by atoms with Gasteiger partial charge < -0.3 is 5.32 Å². The van der Waals surface area contributed by atoms with Crippen LogP contribution >= 0.6 is 11.3 Å². The van der Waals surface area contributed by atoms with Gasteiger partial charge in [0.15, 0.2) is 0 Å². The van der Waals surface area contributed by atoms with Crippen LogP contribution in [-0.2, 0) is 6.42 Å². The van der Waals surface area contributed by atoms with E-state index in [-0.39, 0.29) is 0 Å². The molecule has 0 saturated heterocycles. The summed E-state index contributed by atoms with van der Waals surface area (Å²) in [5.41, 5.74) is 1.47. The normalized spacial score (nSPS) is 15.6. The van der Waals surface area contributed by atoms with Crippen molar-refractivity contribution < 1.29 is 0 Å². The fourth-order valence-corrected chi connectivity index (χ4v) is 3.89. The van der Waals surface area contributed by atoms with Crippen molar-refractivity contribution in [2.75, 3.05) is 6.54 Å². The zero-order valence-corrected chi connectivity index (χ0v) is 14.2. The van der Waals surface area contributed by atoms with E-state index in [4.69, 9.17) is 0 Å². The first-order valence-electron chi connectivity index (χ1n) is 8.07. The van der Waals surface area contributed by atoms with Gasteiger partial charge in [0.2, 0.25) is 0 Å². The Labute approximate surface area is 133 Å². The van der Waals surface area contributed by atoms with Crippen molar-refractivity contribution >= 4 is 11.3 Å². The van der Waals surface area contributed by atoms with Gasteiger partial charge in [-0.3, -0.25) is 0 Å². The lowest BCUT2D eigenvalue weighted by atomic mass is 9.79. The van der Waals surface area contributed by atoms with Crippen LogP contribution in [0.3, 0.4) is 0 Å². The summed E-state index contributed by atoms with van der Waals surface area (Å²) < 4.78 is 0. The average Bonchev–Trinajstić information content (AvgIpc) is 3.01. The zero-order valence-electron chi connectivity index (χ0n) is 13.4. The third kappa shape index (κ3) is 4.42. The predicted molar refractivity (Wildman–Crippen MR) is 94.1 cm³/mol. The van der Waals surface area contributed by atoms with Gasteiger partial charge in [-0.05, 0) is 35.9 Å². The Morgan fingerprint density at radius 1 is 1.05 bits per heavy atom. The van der Waals surface area contributed by atoms with Crippen molar-refractivity contribution in [3.8, 4) is 0 Å². The minimum atomic E-state index is 0.506. The maximum absolute atomic E-state index is 3.74. The highest BCUT2D eigenvalue weighted by atomic mass is 32.1. The highest BCUT2D eigenvalue weighted by Gasteiger charge is 2.27. The lowest BCUT2D eigenvalue weighted by Gasteiger charge is -2.32. The van der Waals surface area contributed by atoms with Gasteiger partial charge in [-0.1, -0.05) is 63.6 Å². The molecule has 1 nitrogen and oxygen atoms in total. The van der Waals surface area contributed by atoms with Gasteiger partial charge >= 0.3 is 0 Å². The van der Waals surface area contributed by atoms with Gasteiger partial charge in [0.1, 0.15) is 0 Å². The number of hydrogen-bond donors (Lipinski definition) is 1. The molecule has 0 amide bonds. The largest absolute Gasteiger partial charge is 0.313 e. The molecule has 0 aliphatic heterocycles. The summed E-state index contributed by atoms with van der Waals surface area (Å²) in [5, 5.41) is 5.92. The standard InChI is InChI=1S/C19H27NS/c1-4-15(3)19(16-10-7-6-8-11-16)18(20-5-2)14-17-12-9-13-21-17/h6-13,15,18-20H,4-5,14H2,1-3H3. The van der Waals surface area contributed by atoms with Gasteiger partial charge in [0.05, 0.1) is 0 Å². The molecule has 2 heteroatoms. The highest BCUT2D eigenvalue weighted by molar-refractivity contribution is 7.09. The number of benzene rings is 1. The second kappa shape index (κ2) is 8.35. The second-order valence-corrected chi connectivity index (χ2v) is 6.80. The predicted octanol–water partition coefficient (Wildman–Crippen LogP) is 5.10. The van der Waals surface area contributed by atoms with E-state index in [9.17, 15) is 0 Å². The fourth-order valence-electron chi connectivity index (χ4n) is 3.12. The molecule has 2 aromatic rings. The van der Waals surface area contributed by atoms with Gasteiger partial charge in [-0.15, -0.1) is 11.3 Å². The van der Waals surface area contributed by atoms with Crippen molar-refractivity contribution in [3.63, 3.8) is 0 Å². The molecule has 1 aromatic carbocycles. The molecule has 1 aromatic heterocycles. The lowest BCUT2D eigenvalue weighted by molar-refractivity contribution is 0.337. The van der Waals surface area contributed by atoms with Crippen LogP contribution in [0.1, 0.15) is 43.6 Å². The molecule has 0 spiro atoms. The summed E-state index contributed by atoms with van der Waals surface area (Å²) in [5.74, 6) is 1.25. The first kappa shape index (κ1) is 16.3. The van der Waals surface area contributed by atoms with Crippen LogP contribution < -0.4 is 5.32 Å². The topological polar surface area (TPSA) is 12.0 Å². The molecular weight excluding hydrogens is 274 g/mol. The Kier molecular flexibility index (Phi) is 6.47. The third-order valence-electron chi connectivity index (χ3n) is 4.34. The number of hydrogen-bond acceptors (Lipinski definition) is 2. The molecule has 0 aliphatic rings. The summed E-state index contributed by atoms with van der Waals surface area (Å²) in [6.45, 7) is 7.92. The van der Waals surface area contributed by atoms with E-state index in [0.29, 0.717) is 17.9 Å². The Bertz CT molecular complexity index is 492. The van der Waals surface area contributed by atoms with Crippen molar-refractivity contribution in [1.82, 2.24) is 5.32 Å². The summed E-state index contributed by atoms with van der Waals surface area (Å²) >= 11 is 1.87. The average molecular weight is 301 g/mol. The van der Waals surface area contributed by atoms with Crippen LogP contribution in [0.2, 0.25) is 0 Å². The molecule has 0 fully saturated rings. The first-order chi connectivity index (χ1) is 10.3. The zero-order chi connectivity index (χ0) is 15.1. The fraction of sp³-hybridized carbons (Fsp3) is 0.474. The molecular formula is C19H27NS. The first-order valence-corrected chi connectivity index (χ1v) is 8.94. The van der Waals surface area contributed by atoms with Crippen molar-refractivity contribution in [2.24, 2.45) is 5.92 Å². The van der Waals surface area contributed by atoms with E-state index in [1.54, 1.807) is 0 Å². The molecule has 1 heterocycles. The van der Waals surface area contributed by atoms with Crippen LogP contribution in [0.25, 0.3) is 0 Å². The summed E-state index contributed by atoms with van der Waals surface area (Å²) in [6, 6.07) is 15.9. The maximum atomic E-state index is 3.74. The lowest BCUT2D eigenvalue weighted by Crippen LogP contribution is -2.39. The van der Waals surface area contributed by atoms with Crippen LogP contribution in [0, 0.1) is 5.92 Å². The number of nitrogens with one attached hydrogen (secondary N) is 1. The van der Waals surface area contributed by atoms with Gasteiger partial charge in [0.25, 0.3) is 0 Å². The molecule has 3 atom stereocenters. The van der Waals surface area contributed by atoms with E-state index >= 15 is 0 Å². The van der Waals surface area contributed by atoms with E-state index in [1.165, 1.54) is 16.9 Å². The van der Waals surface area contributed by atoms with E-state index < -0.39 is 0 Å². The molecule has 0 radical (unpaired) electrons. The minimum absolute atomic E-state index is 0.506. The van der Waals surface area contributed by atoms with Gasteiger partial charge in [0, 0.05) is 16.8 Å². The summed E-state index contributed by atoms with van der Waals surface area (Å²) in [4.78, 5) is 1.48. The molecule has 2 rings (SSSR count). The summed E-state index contributed by atoms with van der Waals surface area (Å²) in [7, 11) is 0.